The molecule has 0 fully saturated rings. The first-order valence-electron chi connectivity index (χ1n) is 9.70. The van der Waals surface area contributed by atoms with Crippen molar-refractivity contribution in [1.82, 2.24) is 4.57 Å². The van der Waals surface area contributed by atoms with Crippen LogP contribution in [0.5, 0.6) is 11.8 Å². The molecule has 1 atom stereocenters. The summed E-state index contributed by atoms with van der Waals surface area (Å²) in [6, 6.07) is 27.6. The third-order valence-electron chi connectivity index (χ3n) is 4.92. The Kier molecular flexibility index (Phi) is 4.88. The lowest BCUT2D eigenvalue weighted by Gasteiger charge is -2.13. The zero-order chi connectivity index (χ0) is 19.7. The lowest BCUT2D eigenvalue weighted by molar-refractivity contribution is -0.695. The van der Waals surface area contributed by atoms with Gasteiger partial charge in [0.2, 0.25) is 0 Å². The Morgan fingerprint density at radius 1 is 0.821 bits per heavy atom. The molecular weight excluding hydrogens is 346 g/mol. The number of hydrogen-bond acceptors (Lipinski definition) is 2. The van der Waals surface area contributed by atoms with Crippen LogP contribution in [0, 0.1) is 0 Å². The van der Waals surface area contributed by atoms with E-state index in [2.05, 4.69) is 59.4 Å². The number of nitrogens with zero attached hydrogens (tertiary/aromatic N) is 2. The highest BCUT2D eigenvalue weighted by Crippen LogP contribution is 2.32. The van der Waals surface area contributed by atoms with Crippen molar-refractivity contribution in [1.29, 1.82) is 0 Å². The number of para-hydroxylation sites is 4. The maximum Gasteiger partial charge on any atom is 0.468 e. The average molecular weight is 372 g/mol. The quantitative estimate of drug-likeness (QED) is 0.482. The van der Waals surface area contributed by atoms with E-state index >= 15 is 0 Å². The van der Waals surface area contributed by atoms with Crippen molar-refractivity contribution in [2.45, 2.75) is 32.9 Å². The second-order valence-electron chi connectivity index (χ2n) is 7.33. The van der Waals surface area contributed by atoms with E-state index in [0.29, 0.717) is 0 Å². The Morgan fingerprint density at radius 2 is 1.46 bits per heavy atom. The van der Waals surface area contributed by atoms with Crippen molar-refractivity contribution >= 4 is 11.0 Å². The minimum Gasteiger partial charge on any atom is -0.391 e. The molecule has 0 saturated carbocycles. The standard InChI is InChI=1S/C24H26N3O/c1-17(2)26-21-14-8-9-15-22(21)27(19-11-5-4-6-12-19)24(26)28-23-16-10-7-13-20(23)18(3)25/h4-18H,25H2,1-3H3/q+1. The summed E-state index contributed by atoms with van der Waals surface area (Å²) < 4.78 is 11.0. The molecule has 0 aliphatic rings. The molecule has 0 saturated heterocycles. The summed E-state index contributed by atoms with van der Waals surface area (Å²) in [4.78, 5) is 0. The minimum absolute atomic E-state index is 0.113. The molecule has 1 aromatic heterocycles. The maximum absolute atomic E-state index is 6.58. The Bertz CT molecular complexity index is 1100. The van der Waals surface area contributed by atoms with Crippen LogP contribution in [0.1, 0.15) is 38.4 Å². The molecule has 2 N–H and O–H groups in total. The Balaban J connectivity index is 2.01. The van der Waals surface area contributed by atoms with Gasteiger partial charge in [0.05, 0.1) is 6.04 Å². The smallest absolute Gasteiger partial charge is 0.391 e. The topological polar surface area (TPSA) is 44.1 Å². The van der Waals surface area contributed by atoms with Gasteiger partial charge >= 0.3 is 6.01 Å². The van der Waals surface area contributed by atoms with Gasteiger partial charge in [-0.2, -0.15) is 9.13 Å². The molecular formula is C24H26N3O+. The van der Waals surface area contributed by atoms with E-state index in [4.69, 9.17) is 10.5 Å². The fourth-order valence-corrected chi connectivity index (χ4v) is 3.64. The van der Waals surface area contributed by atoms with Gasteiger partial charge in [0.1, 0.15) is 11.4 Å². The number of rotatable bonds is 5. The number of aromatic nitrogens is 2. The SMILES string of the molecule is CC(N)c1ccccc1Oc1n(-c2ccccc2)c2ccccc2[n+]1C(C)C. The molecule has 142 valence electrons. The summed E-state index contributed by atoms with van der Waals surface area (Å²) in [6.07, 6.45) is 0. The number of hydrogen-bond donors (Lipinski definition) is 1. The molecule has 4 aromatic rings. The minimum atomic E-state index is -0.113. The third kappa shape index (κ3) is 3.16. The van der Waals surface area contributed by atoms with Gasteiger partial charge in [-0.05, 0) is 51.1 Å². The number of nitrogens with two attached hydrogens (primary N) is 1. The largest absolute Gasteiger partial charge is 0.468 e. The lowest BCUT2D eigenvalue weighted by atomic mass is 10.1. The van der Waals surface area contributed by atoms with Crippen molar-refractivity contribution < 1.29 is 9.30 Å². The Labute approximate surface area is 165 Å². The molecule has 0 radical (unpaired) electrons. The molecule has 4 nitrogen and oxygen atoms in total. The summed E-state index contributed by atoms with van der Waals surface area (Å²) in [5, 5.41) is 0. The van der Waals surface area contributed by atoms with Crippen LogP contribution in [0.15, 0.2) is 78.9 Å². The molecule has 3 aromatic carbocycles. The normalized spacial score (nSPS) is 12.5. The van der Waals surface area contributed by atoms with Crippen molar-refractivity contribution in [2.24, 2.45) is 5.73 Å². The van der Waals surface area contributed by atoms with Crippen LogP contribution in [0.3, 0.4) is 0 Å². The first kappa shape index (κ1) is 18.3. The van der Waals surface area contributed by atoms with E-state index in [-0.39, 0.29) is 12.1 Å². The van der Waals surface area contributed by atoms with Gasteiger partial charge in [0, 0.05) is 11.6 Å². The number of benzene rings is 3. The number of imidazole rings is 1. The van der Waals surface area contributed by atoms with Gasteiger partial charge in [0.15, 0.2) is 11.0 Å². The van der Waals surface area contributed by atoms with E-state index in [9.17, 15) is 0 Å². The first-order chi connectivity index (χ1) is 13.6. The summed E-state index contributed by atoms with van der Waals surface area (Å²) in [7, 11) is 0. The van der Waals surface area contributed by atoms with Crippen molar-refractivity contribution in [3.05, 3.63) is 84.4 Å². The molecule has 0 spiro atoms. The van der Waals surface area contributed by atoms with Gasteiger partial charge in [0.25, 0.3) is 0 Å². The fourth-order valence-electron chi connectivity index (χ4n) is 3.64. The van der Waals surface area contributed by atoms with Crippen LogP contribution < -0.4 is 15.0 Å². The molecule has 28 heavy (non-hydrogen) atoms. The van der Waals surface area contributed by atoms with Gasteiger partial charge in [-0.3, -0.25) is 0 Å². The summed E-state index contributed by atoms with van der Waals surface area (Å²) >= 11 is 0. The molecule has 1 unspecified atom stereocenters. The molecule has 0 aliphatic carbocycles. The maximum atomic E-state index is 6.58. The van der Waals surface area contributed by atoms with Crippen molar-refractivity contribution in [2.75, 3.05) is 0 Å². The van der Waals surface area contributed by atoms with Crippen LogP contribution in [-0.4, -0.2) is 4.57 Å². The first-order valence-corrected chi connectivity index (χ1v) is 9.70. The average Bonchev–Trinajstić information content (AvgIpc) is 3.02. The molecule has 4 rings (SSSR count). The van der Waals surface area contributed by atoms with Crippen LogP contribution in [0.4, 0.5) is 0 Å². The summed E-state index contributed by atoms with van der Waals surface area (Å²) in [6.45, 7) is 6.32. The number of fused-ring (bicyclic) bond motifs is 1. The van der Waals surface area contributed by atoms with Gasteiger partial charge in [-0.15, -0.1) is 0 Å². The van der Waals surface area contributed by atoms with E-state index in [1.807, 2.05) is 49.4 Å². The summed E-state index contributed by atoms with van der Waals surface area (Å²) in [5.41, 5.74) is 10.5. The predicted molar refractivity (Wildman–Crippen MR) is 113 cm³/mol. The van der Waals surface area contributed by atoms with Crippen LogP contribution in [-0.2, 0) is 0 Å². The highest BCUT2D eigenvalue weighted by Gasteiger charge is 2.30. The van der Waals surface area contributed by atoms with Gasteiger partial charge in [-0.1, -0.05) is 48.5 Å². The van der Waals surface area contributed by atoms with Gasteiger partial charge < -0.3 is 10.5 Å². The Morgan fingerprint density at radius 3 is 2.18 bits per heavy atom. The second kappa shape index (κ2) is 7.49. The zero-order valence-corrected chi connectivity index (χ0v) is 16.5. The lowest BCUT2D eigenvalue weighted by Crippen LogP contribution is -2.37. The predicted octanol–water partition coefficient (Wildman–Crippen LogP) is 5.31. The van der Waals surface area contributed by atoms with Crippen molar-refractivity contribution in [3.63, 3.8) is 0 Å². The molecule has 0 amide bonds. The molecule has 0 bridgehead atoms. The van der Waals surface area contributed by atoms with E-state index < -0.39 is 0 Å². The number of ether oxygens (including phenoxy) is 1. The third-order valence-corrected chi connectivity index (χ3v) is 4.92. The van der Waals surface area contributed by atoms with E-state index in [1.165, 1.54) is 0 Å². The van der Waals surface area contributed by atoms with Gasteiger partial charge in [-0.25, -0.2) is 0 Å². The fraction of sp³-hybridized carbons (Fsp3) is 0.208. The second-order valence-corrected chi connectivity index (χ2v) is 7.33. The zero-order valence-electron chi connectivity index (χ0n) is 16.5. The van der Waals surface area contributed by atoms with Crippen LogP contribution in [0.25, 0.3) is 16.7 Å². The van der Waals surface area contributed by atoms with E-state index in [1.54, 1.807) is 0 Å². The van der Waals surface area contributed by atoms with Crippen LogP contribution >= 0.6 is 0 Å². The Hall–Kier alpha value is -3.11. The highest BCUT2D eigenvalue weighted by atomic mass is 16.5. The molecule has 4 heteroatoms. The highest BCUT2D eigenvalue weighted by molar-refractivity contribution is 5.75. The van der Waals surface area contributed by atoms with E-state index in [0.717, 1.165) is 34.0 Å². The monoisotopic (exact) mass is 372 g/mol. The van der Waals surface area contributed by atoms with Crippen molar-refractivity contribution in [3.8, 4) is 17.4 Å². The molecule has 1 heterocycles. The molecule has 0 aliphatic heterocycles. The summed E-state index contributed by atoms with van der Waals surface area (Å²) in [5.74, 6) is 0.784. The van der Waals surface area contributed by atoms with Crippen LogP contribution in [0.2, 0.25) is 0 Å².